The maximum absolute atomic E-state index is 12.4. The molecule has 1 aliphatic heterocycles. The van der Waals surface area contributed by atoms with Crippen LogP contribution in [-0.2, 0) is 13.6 Å². The van der Waals surface area contributed by atoms with Crippen molar-refractivity contribution in [2.45, 2.75) is 26.8 Å². The standard InChI is InChI=1S/C22H25F3N6O/c1-15-19(16(2)29(3)28-15)14-30-10-12-31(13-11-30)21-20(26-8-9-27-21)17-4-6-18(7-5-17)32-22(23,24)25/h4-9H,10-14H2,1-3H3. The lowest BCUT2D eigenvalue weighted by Crippen LogP contribution is -2.46. The number of ether oxygens (including phenoxy) is 1. The van der Waals surface area contributed by atoms with Crippen LogP contribution in [0, 0.1) is 13.8 Å². The zero-order valence-electron chi connectivity index (χ0n) is 18.2. The normalized spacial score (nSPS) is 15.2. The Balaban J connectivity index is 1.46. The highest BCUT2D eigenvalue weighted by atomic mass is 19.4. The van der Waals surface area contributed by atoms with Gasteiger partial charge in [-0.05, 0) is 38.1 Å². The molecule has 3 heterocycles. The fourth-order valence-electron chi connectivity index (χ4n) is 3.97. The van der Waals surface area contributed by atoms with Gasteiger partial charge in [0.2, 0.25) is 0 Å². The van der Waals surface area contributed by atoms with Crippen LogP contribution < -0.4 is 9.64 Å². The summed E-state index contributed by atoms with van der Waals surface area (Å²) in [6.45, 7) is 8.26. The van der Waals surface area contributed by atoms with E-state index in [-0.39, 0.29) is 5.75 Å². The summed E-state index contributed by atoms with van der Waals surface area (Å²) in [5.41, 5.74) is 4.83. The van der Waals surface area contributed by atoms with Gasteiger partial charge >= 0.3 is 6.36 Å². The van der Waals surface area contributed by atoms with Crippen molar-refractivity contribution in [2.24, 2.45) is 7.05 Å². The van der Waals surface area contributed by atoms with Crippen LogP contribution in [-0.4, -0.2) is 57.2 Å². The minimum atomic E-state index is -4.72. The van der Waals surface area contributed by atoms with Crippen LogP contribution in [0.15, 0.2) is 36.7 Å². The van der Waals surface area contributed by atoms with Crippen molar-refractivity contribution in [2.75, 3.05) is 31.1 Å². The molecule has 0 unspecified atom stereocenters. The molecule has 7 nitrogen and oxygen atoms in total. The Kier molecular flexibility index (Phi) is 6.05. The summed E-state index contributed by atoms with van der Waals surface area (Å²) < 4.78 is 43.2. The number of rotatable bonds is 5. The van der Waals surface area contributed by atoms with E-state index in [4.69, 9.17) is 0 Å². The largest absolute Gasteiger partial charge is 0.573 e. The molecule has 4 rings (SSSR count). The molecule has 0 atom stereocenters. The molecule has 10 heteroatoms. The molecule has 0 saturated carbocycles. The number of nitrogens with zero attached hydrogens (tertiary/aromatic N) is 6. The fraction of sp³-hybridized carbons (Fsp3) is 0.409. The maximum atomic E-state index is 12.4. The molecule has 1 saturated heterocycles. The second kappa shape index (κ2) is 8.78. The van der Waals surface area contributed by atoms with Gasteiger partial charge in [-0.1, -0.05) is 0 Å². The predicted octanol–water partition coefficient (Wildman–Crippen LogP) is 3.71. The van der Waals surface area contributed by atoms with Crippen LogP contribution in [0.2, 0.25) is 0 Å². The van der Waals surface area contributed by atoms with Crippen molar-refractivity contribution in [3.8, 4) is 17.0 Å². The Bertz CT molecular complexity index is 1070. The lowest BCUT2D eigenvalue weighted by atomic mass is 10.1. The van der Waals surface area contributed by atoms with Crippen molar-refractivity contribution in [3.63, 3.8) is 0 Å². The van der Waals surface area contributed by atoms with E-state index >= 15 is 0 Å². The average Bonchev–Trinajstić information content (AvgIpc) is 3.00. The van der Waals surface area contributed by atoms with Gasteiger partial charge in [-0.2, -0.15) is 5.10 Å². The van der Waals surface area contributed by atoms with Crippen molar-refractivity contribution in [1.29, 1.82) is 0 Å². The van der Waals surface area contributed by atoms with Crippen LogP contribution in [0.25, 0.3) is 11.3 Å². The molecule has 2 aromatic heterocycles. The zero-order chi connectivity index (χ0) is 22.9. The second-order valence-corrected chi connectivity index (χ2v) is 7.84. The molecule has 32 heavy (non-hydrogen) atoms. The zero-order valence-corrected chi connectivity index (χ0v) is 18.2. The number of aromatic nitrogens is 4. The quantitative estimate of drug-likeness (QED) is 0.596. The summed E-state index contributed by atoms with van der Waals surface area (Å²) in [5, 5.41) is 4.50. The van der Waals surface area contributed by atoms with E-state index in [2.05, 4.69) is 36.5 Å². The van der Waals surface area contributed by atoms with Crippen molar-refractivity contribution >= 4 is 5.82 Å². The lowest BCUT2D eigenvalue weighted by Gasteiger charge is -2.36. The van der Waals surface area contributed by atoms with Crippen LogP contribution in [0.5, 0.6) is 5.75 Å². The molecular formula is C22H25F3N6O. The van der Waals surface area contributed by atoms with Gasteiger partial charge in [-0.25, -0.2) is 4.98 Å². The van der Waals surface area contributed by atoms with Gasteiger partial charge in [0.25, 0.3) is 0 Å². The minimum absolute atomic E-state index is 0.263. The van der Waals surface area contributed by atoms with Gasteiger partial charge in [-0.3, -0.25) is 14.6 Å². The molecule has 1 aromatic carbocycles. The monoisotopic (exact) mass is 446 g/mol. The first-order valence-corrected chi connectivity index (χ1v) is 10.3. The number of hydrogen-bond acceptors (Lipinski definition) is 6. The van der Waals surface area contributed by atoms with Crippen molar-refractivity contribution in [3.05, 3.63) is 53.6 Å². The Morgan fingerprint density at radius 1 is 0.969 bits per heavy atom. The third-order valence-corrected chi connectivity index (χ3v) is 5.75. The van der Waals surface area contributed by atoms with Gasteiger partial charge in [0.1, 0.15) is 11.4 Å². The van der Waals surface area contributed by atoms with Gasteiger partial charge in [0.15, 0.2) is 5.82 Å². The Hall–Kier alpha value is -3.14. The topological polar surface area (TPSA) is 59.3 Å². The summed E-state index contributed by atoms with van der Waals surface area (Å²) in [6.07, 6.45) is -1.50. The molecule has 0 amide bonds. The number of aryl methyl sites for hydroxylation is 2. The summed E-state index contributed by atoms with van der Waals surface area (Å²) in [4.78, 5) is 13.5. The molecule has 1 fully saturated rings. The number of benzene rings is 1. The lowest BCUT2D eigenvalue weighted by molar-refractivity contribution is -0.274. The smallest absolute Gasteiger partial charge is 0.406 e. The second-order valence-electron chi connectivity index (χ2n) is 7.84. The SMILES string of the molecule is Cc1nn(C)c(C)c1CN1CCN(c2nccnc2-c2ccc(OC(F)(F)F)cc2)CC1. The highest BCUT2D eigenvalue weighted by Crippen LogP contribution is 2.30. The summed E-state index contributed by atoms with van der Waals surface area (Å²) >= 11 is 0. The predicted molar refractivity (Wildman–Crippen MR) is 114 cm³/mol. The van der Waals surface area contributed by atoms with Gasteiger partial charge in [-0.15, -0.1) is 13.2 Å². The van der Waals surface area contributed by atoms with Crippen LogP contribution in [0.1, 0.15) is 17.0 Å². The average molecular weight is 446 g/mol. The number of anilines is 1. The van der Waals surface area contributed by atoms with Crippen LogP contribution >= 0.6 is 0 Å². The molecular weight excluding hydrogens is 421 g/mol. The van der Waals surface area contributed by atoms with E-state index in [0.717, 1.165) is 44.2 Å². The van der Waals surface area contributed by atoms with Crippen LogP contribution in [0.4, 0.5) is 19.0 Å². The first-order valence-electron chi connectivity index (χ1n) is 10.3. The summed E-state index contributed by atoms with van der Waals surface area (Å²) in [6, 6.07) is 5.72. The third kappa shape index (κ3) is 4.85. The molecule has 3 aromatic rings. The molecule has 0 aliphatic carbocycles. The maximum Gasteiger partial charge on any atom is 0.573 e. The van der Waals surface area contributed by atoms with E-state index < -0.39 is 6.36 Å². The Morgan fingerprint density at radius 3 is 2.22 bits per heavy atom. The van der Waals surface area contributed by atoms with E-state index in [9.17, 15) is 13.2 Å². The molecule has 0 spiro atoms. The van der Waals surface area contributed by atoms with E-state index in [1.807, 2.05) is 18.7 Å². The number of alkyl halides is 3. The first kappa shape index (κ1) is 22.1. The number of hydrogen-bond donors (Lipinski definition) is 0. The van der Waals surface area contributed by atoms with Gasteiger partial charge in [0.05, 0.1) is 5.69 Å². The number of halogens is 3. The van der Waals surface area contributed by atoms with E-state index in [1.54, 1.807) is 24.5 Å². The highest BCUT2D eigenvalue weighted by molar-refractivity contribution is 5.72. The van der Waals surface area contributed by atoms with E-state index in [0.29, 0.717) is 11.3 Å². The molecule has 0 N–H and O–H groups in total. The Morgan fingerprint density at radius 2 is 1.62 bits per heavy atom. The van der Waals surface area contributed by atoms with Crippen molar-refractivity contribution < 1.29 is 17.9 Å². The first-order chi connectivity index (χ1) is 15.2. The highest BCUT2D eigenvalue weighted by Gasteiger charge is 2.31. The number of piperazine rings is 1. The molecule has 0 bridgehead atoms. The van der Waals surface area contributed by atoms with E-state index in [1.165, 1.54) is 23.4 Å². The van der Waals surface area contributed by atoms with Crippen molar-refractivity contribution in [1.82, 2.24) is 24.6 Å². The molecule has 0 radical (unpaired) electrons. The van der Waals surface area contributed by atoms with Gasteiger partial charge in [0, 0.05) is 69.0 Å². The summed E-state index contributed by atoms with van der Waals surface area (Å²) in [7, 11) is 1.96. The minimum Gasteiger partial charge on any atom is -0.406 e. The molecule has 1 aliphatic rings. The fourth-order valence-corrected chi connectivity index (χ4v) is 3.97. The summed E-state index contributed by atoms with van der Waals surface area (Å²) in [5.74, 6) is 0.465. The molecule has 170 valence electrons. The van der Waals surface area contributed by atoms with Crippen LogP contribution in [0.3, 0.4) is 0 Å². The Labute approximate surface area is 184 Å². The third-order valence-electron chi connectivity index (χ3n) is 5.75. The van der Waals surface area contributed by atoms with Gasteiger partial charge < -0.3 is 9.64 Å².